The van der Waals surface area contributed by atoms with Gasteiger partial charge in [0.1, 0.15) is 22.9 Å². The molecule has 33 heavy (non-hydrogen) atoms. The molecule has 11 heteroatoms. The lowest BCUT2D eigenvalue weighted by Gasteiger charge is -2.35. The van der Waals surface area contributed by atoms with E-state index < -0.39 is 29.9 Å². The number of imidazole rings is 1. The van der Waals surface area contributed by atoms with Crippen LogP contribution in [-0.4, -0.2) is 37.3 Å². The normalized spacial score (nSPS) is 16.1. The van der Waals surface area contributed by atoms with Gasteiger partial charge in [-0.1, -0.05) is 6.92 Å². The lowest BCUT2D eigenvalue weighted by Crippen LogP contribution is -2.49. The number of fused-ring (bicyclic) bond motifs is 1. The Bertz CT molecular complexity index is 1270. The summed E-state index contributed by atoms with van der Waals surface area (Å²) in [5.74, 6) is -2.11. The van der Waals surface area contributed by atoms with Gasteiger partial charge in [-0.15, -0.1) is 13.2 Å². The zero-order valence-corrected chi connectivity index (χ0v) is 17.8. The maximum absolute atomic E-state index is 13.9. The number of carbonyl (C=O) groups excluding carboxylic acids is 1. The summed E-state index contributed by atoms with van der Waals surface area (Å²) in [6.07, 6.45) is -0.980. The van der Waals surface area contributed by atoms with Crippen LogP contribution in [0, 0.1) is 5.82 Å². The zero-order chi connectivity index (χ0) is 23.9. The van der Waals surface area contributed by atoms with Crippen molar-refractivity contribution in [3.63, 3.8) is 0 Å². The molecule has 2 aromatic heterocycles. The largest absolute Gasteiger partial charge is 0.573 e. The summed E-state index contributed by atoms with van der Waals surface area (Å²) in [7, 11) is 0. The molecule has 0 saturated carbocycles. The lowest BCUT2D eigenvalue weighted by atomic mass is 10.1. The van der Waals surface area contributed by atoms with Crippen LogP contribution in [0.15, 0.2) is 47.7 Å². The number of rotatable bonds is 5. The fourth-order valence-electron chi connectivity index (χ4n) is 3.85. The van der Waals surface area contributed by atoms with Crippen molar-refractivity contribution in [1.82, 2.24) is 19.0 Å². The number of aryl methyl sites for hydroxylation is 1. The van der Waals surface area contributed by atoms with Crippen LogP contribution in [0.2, 0.25) is 0 Å². The van der Waals surface area contributed by atoms with Crippen LogP contribution in [0.4, 0.5) is 17.6 Å². The number of nitrogens with zero attached hydrogens (tertiary/aromatic N) is 4. The predicted octanol–water partition coefficient (Wildman–Crippen LogP) is 3.68. The monoisotopic (exact) mass is 464 g/mol. The number of carbonyl (C=O) groups is 1. The highest BCUT2D eigenvalue weighted by Gasteiger charge is 2.33. The molecule has 0 saturated heterocycles. The Kier molecular flexibility index (Phi) is 5.73. The maximum atomic E-state index is 13.9. The number of hydrogen-bond donors (Lipinski definition) is 0. The Morgan fingerprint density at radius 1 is 1.18 bits per heavy atom. The minimum atomic E-state index is -4.97. The first-order valence-corrected chi connectivity index (χ1v) is 10.2. The Labute approximate surface area is 185 Å². The van der Waals surface area contributed by atoms with Gasteiger partial charge in [-0.3, -0.25) is 9.59 Å². The van der Waals surface area contributed by atoms with Crippen molar-refractivity contribution < 1.29 is 27.1 Å². The summed E-state index contributed by atoms with van der Waals surface area (Å²) < 4.78 is 58.2. The van der Waals surface area contributed by atoms with Gasteiger partial charge < -0.3 is 18.8 Å². The third-order valence-electron chi connectivity index (χ3n) is 5.41. The van der Waals surface area contributed by atoms with Crippen molar-refractivity contribution in [2.75, 3.05) is 0 Å². The number of hydrogen-bond acceptors (Lipinski definition) is 4. The molecule has 0 spiro atoms. The Morgan fingerprint density at radius 2 is 1.94 bits per heavy atom. The van der Waals surface area contributed by atoms with Crippen LogP contribution in [0.5, 0.6) is 5.75 Å². The first kappa shape index (κ1) is 22.6. The first-order chi connectivity index (χ1) is 15.6. The Hall–Kier alpha value is -3.63. The fourth-order valence-corrected chi connectivity index (χ4v) is 3.85. The summed E-state index contributed by atoms with van der Waals surface area (Å²) >= 11 is 0. The molecule has 0 radical (unpaired) electrons. The van der Waals surface area contributed by atoms with Crippen LogP contribution in [0.25, 0.3) is 5.69 Å². The minimum Gasteiger partial charge on any atom is -0.406 e. The molecule has 3 heterocycles. The average Bonchev–Trinajstić information content (AvgIpc) is 3.19. The summed E-state index contributed by atoms with van der Waals surface area (Å²) in [6.45, 7) is 3.67. The van der Waals surface area contributed by atoms with E-state index in [4.69, 9.17) is 0 Å². The van der Waals surface area contributed by atoms with Crippen LogP contribution >= 0.6 is 0 Å². The number of halogens is 4. The smallest absolute Gasteiger partial charge is 0.406 e. The van der Waals surface area contributed by atoms with Crippen LogP contribution in [0.3, 0.4) is 0 Å². The highest BCUT2D eigenvalue weighted by atomic mass is 19.4. The fraction of sp³-hybridized carbons (Fsp3) is 0.318. The zero-order valence-electron chi connectivity index (χ0n) is 17.8. The molecule has 1 atom stereocenters. The van der Waals surface area contributed by atoms with Crippen molar-refractivity contribution >= 4 is 5.91 Å². The number of alkyl halides is 3. The van der Waals surface area contributed by atoms with Gasteiger partial charge in [0.2, 0.25) is 0 Å². The predicted molar refractivity (Wildman–Crippen MR) is 110 cm³/mol. The highest BCUT2D eigenvalue weighted by Crippen LogP contribution is 2.27. The lowest BCUT2D eigenvalue weighted by molar-refractivity contribution is -0.274. The molecule has 0 bridgehead atoms. The molecule has 1 aliphatic rings. The SMILES string of the molecule is CCc1cn(-c2ccc3n(c2=O)C[C@@H](C)N(Cc2cc(F)cc(OC(F)(F)F)c2)C3=O)cn1. The molecule has 4 rings (SSSR count). The van der Waals surface area contributed by atoms with E-state index >= 15 is 0 Å². The van der Waals surface area contributed by atoms with Crippen molar-refractivity contribution in [3.05, 3.63) is 76.0 Å². The van der Waals surface area contributed by atoms with E-state index in [2.05, 4.69) is 9.72 Å². The first-order valence-electron chi connectivity index (χ1n) is 10.2. The molecule has 0 unspecified atom stereocenters. The van der Waals surface area contributed by atoms with E-state index in [1.807, 2.05) is 6.92 Å². The van der Waals surface area contributed by atoms with Crippen molar-refractivity contribution in [2.45, 2.75) is 45.8 Å². The molecule has 0 N–H and O–H groups in total. The standard InChI is InChI=1S/C22H20F4N4O3/c1-3-16-11-28(12-27-16)18-4-5-19-21(32)29(13(2)9-30(19)20(18)31)10-14-6-15(23)8-17(7-14)33-22(24,25)26/h4-8,11-13H,3,9-10H2,1-2H3/t13-/m1/s1. The summed E-state index contributed by atoms with van der Waals surface area (Å²) in [5, 5.41) is 0. The van der Waals surface area contributed by atoms with Crippen molar-refractivity contribution in [3.8, 4) is 11.4 Å². The minimum absolute atomic E-state index is 0.132. The number of pyridine rings is 1. The molecule has 1 aliphatic heterocycles. The third kappa shape index (κ3) is 4.62. The van der Waals surface area contributed by atoms with Crippen molar-refractivity contribution in [1.29, 1.82) is 0 Å². The molecule has 3 aromatic rings. The van der Waals surface area contributed by atoms with Gasteiger partial charge in [-0.2, -0.15) is 0 Å². The molecular weight excluding hydrogens is 444 g/mol. The van der Waals surface area contributed by atoms with E-state index in [0.29, 0.717) is 18.2 Å². The second-order valence-electron chi connectivity index (χ2n) is 7.77. The van der Waals surface area contributed by atoms with Gasteiger partial charge in [-0.05, 0) is 43.2 Å². The molecule has 7 nitrogen and oxygen atoms in total. The van der Waals surface area contributed by atoms with E-state index in [0.717, 1.165) is 17.8 Å². The highest BCUT2D eigenvalue weighted by molar-refractivity contribution is 5.93. The summed E-state index contributed by atoms with van der Waals surface area (Å²) in [5.41, 5.74) is 1.07. The topological polar surface area (TPSA) is 69.4 Å². The third-order valence-corrected chi connectivity index (χ3v) is 5.41. The van der Waals surface area contributed by atoms with Gasteiger partial charge in [0.05, 0.1) is 12.0 Å². The molecule has 0 fully saturated rings. The van der Waals surface area contributed by atoms with E-state index in [1.165, 1.54) is 27.9 Å². The average molecular weight is 464 g/mol. The van der Waals surface area contributed by atoms with E-state index in [9.17, 15) is 27.2 Å². The Morgan fingerprint density at radius 3 is 2.61 bits per heavy atom. The van der Waals surface area contributed by atoms with Gasteiger partial charge in [0.25, 0.3) is 11.5 Å². The van der Waals surface area contributed by atoms with Gasteiger partial charge >= 0.3 is 6.36 Å². The van der Waals surface area contributed by atoms with Crippen LogP contribution in [-0.2, 0) is 19.5 Å². The number of ether oxygens (including phenoxy) is 1. The second-order valence-corrected chi connectivity index (χ2v) is 7.77. The van der Waals surface area contributed by atoms with E-state index in [1.54, 1.807) is 17.7 Å². The second kappa shape index (κ2) is 8.38. The molecule has 1 amide bonds. The van der Waals surface area contributed by atoms with E-state index in [-0.39, 0.29) is 29.9 Å². The molecule has 1 aromatic carbocycles. The summed E-state index contributed by atoms with van der Waals surface area (Å²) in [6, 6.07) is 5.27. The van der Waals surface area contributed by atoms with Gasteiger partial charge in [0.15, 0.2) is 0 Å². The van der Waals surface area contributed by atoms with Crippen LogP contribution < -0.4 is 10.3 Å². The number of amides is 1. The van der Waals surface area contributed by atoms with Gasteiger partial charge in [0, 0.05) is 31.4 Å². The quantitative estimate of drug-likeness (QED) is 0.541. The van der Waals surface area contributed by atoms with Gasteiger partial charge in [-0.25, -0.2) is 9.37 Å². The number of aromatic nitrogens is 3. The Balaban J connectivity index is 1.63. The van der Waals surface area contributed by atoms with Crippen molar-refractivity contribution in [2.24, 2.45) is 0 Å². The maximum Gasteiger partial charge on any atom is 0.573 e. The molecule has 0 aliphatic carbocycles. The number of benzene rings is 1. The van der Waals surface area contributed by atoms with Crippen LogP contribution in [0.1, 0.15) is 35.6 Å². The molecular formula is C22H20F4N4O3. The molecule has 174 valence electrons. The summed E-state index contributed by atoms with van der Waals surface area (Å²) in [4.78, 5) is 31.8.